The SMILES string of the molecule is Cc1cnc2c(S(=O)(=O)Oc3cccc(Br)c3)cccc2c1. The average Bonchev–Trinajstić information content (AvgIpc) is 2.45. The highest BCUT2D eigenvalue weighted by Crippen LogP contribution is 2.26. The Labute approximate surface area is 137 Å². The maximum atomic E-state index is 12.5. The van der Waals surface area contributed by atoms with Gasteiger partial charge in [-0.05, 0) is 42.8 Å². The predicted octanol–water partition coefficient (Wildman–Crippen LogP) is 4.07. The van der Waals surface area contributed by atoms with Gasteiger partial charge in [0.2, 0.25) is 0 Å². The first-order valence-corrected chi connectivity index (χ1v) is 8.71. The lowest BCUT2D eigenvalue weighted by Crippen LogP contribution is -2.10. The molecule has 3 rings (SSSR count). The molecule has 112 valence electrons. The molecule has 6 heteroatoms. The molecule has 2 aromatic carbocycles. The van der Waals surface area contributed by atoms with E-state index in [9.17, 15) is 8.42 Å². The van der Waals surface area contributed by atoms with E-state index in [1.807, 2.05) is 19.1 Å². The van der Waals surface area contributed by atoms with Gasteiger partial charge in [-0.3, -0.25) is 4.98 Å². The molecule has 0 radical (unpaired) electrons. The van der Waals surface area contributed by atoms with Crippen LogP contribution in [0.4, 0.5) is 0 Å². The van der Waals surface area contributed by atoms with Gasteiger partial charge in [0.25, 0.3) is 0 Å². The minimum atomic E-state index is -3.95. The van der Waals surface area contributed by atoms with Crippen LogP contribution in [-0.4, -0.2) is 13.4 Å². The normalized spacial score (nSPS) is 11.5. The molecule has 0 aliphatic heterocycles. The molecule has 0 atom stereocenters. The van der Waals surface area contributed by atoms with Gasteiger partial charge < -0.3 is 4.18 Å². The number of aromatic nitrogens is 1. The second kappa shape index (κ2) is 5.70. The molecular weight excluding hydrogens is 366 g/mol. The molecule has 0 unspecified atom stereocenters. The largest absolute Gasteiger partial charge is 0.379 e. The number of fused-ring (bicyclic) bond motifs is 1. The van der Waals surface area contributed by atoms with Gasteiger partial charge in [-0.1, -0.05) is 34.1 Å². The maximum Gasteiger partial charge on any atom is 0.341 e. The molecule has 0 spiro atoms. The Hall–Kier alpha value is -1.92. The van der Waals surface area contributed by atoms with E-state index in [1.165, 1.54) is 6.07 Å². The summed E-state index contributed by atoms with van der Waals surface area (Å²) < 4.78 is 31.0. The van der Waals surface area contributed by atoms with Crippen LogP contribution in [0.3, 0.4) is 0 Å². The van der Waals surface area contributed by atoms with Crippen LogP contribution in [0.1, 0.15) is 5.56 Å². The van der Waals surface area contributed by atoms with Crippen molar-refractivity contribution in [3.05, 3.63) is 64.8 Å². The summed E-state index contributed by atoms with van der Waals surface area (Å²) in [7, 11) is -3.95. The fourth-order valence-electron chi connectivity index (χ4n) is 2.13. The standard InChI is InChI=1S/C16H12BrNO3S/c1-11-8-12-4-2-7-15(16(12)18-10-11)22(19,20)21-14-6-3-5-13(17)9-14/h2-10H,1H3. The fourth-order valence-corrected chi connectivity index (χ4v) is 3.61. The first kappa shape index (κ1) is 15.0. The van der Waals surface area contributed by atoms with Crippen molar-refractivity contribution in [2.75, 3.05) is 0 Å². The second-order valence-electron chi connectivity index (χ2n) is 4.84. The van der Waals surface area contributed by atoms with E-state index in [4.69, 9.17) is 4.18 Å². The first-order chi connectivity index (χ1) is 10.5. The quantitative estimate of drug-likeness (QED) is 0.645. The van der Waals surface area contributed by atoms with E-state index in [2.05, 4.69) is 20.9 Å². The summed E-state index contributed by atoms with van der Waals surface area (Å²) in [5.41, 5.74) is 1.37. The Bertz CT molecular complexity index is 955. The summed E-state index contributed by atoms with van der Waals surface area (Å²) in [4.78, 5) is 4.30. The summed E-state index contributed by atoms with van der Waals surface area (Å²) >= 11 is 3.29. The molecule has 0 amide bonds. The Morgan fingerprint density at radius 3 is 2.64 bits per heavy atom. The molecular formula is C16H12BrNO3S. The van der Waals surface area contributed by atoms with Gasteiger partial charge >= 0.3 is 10.1 Å². The third kappa shape index (κ3) is 2.98. The summed E-state index contributed by atoms with van der Waals surface area (Å²) in [5.74, 6) is 0.249. The topological polar surface area (TPSA) is 56.3 Å². The summed E-state index contributed by atoms with van der Waals surface area (Å²) in [6.07, 6.45) is 1.64. The Kier molecular flexibility index (Phi) is 3.88. The number of benzene rings is 2. The number of halogens is 1. The summed E-state index contributed by atoms with van der Waals surface area (Å²) in [6.45, 7) is 1.91. The number of aryl methyl sites for hydroxylation is 1. The molecule has 4 nitrogen and oxygen atoms in total. The van der Waals surface area contributed by atoms with Crippen molar-refractivity contribution in [3.63, 3.8) is 0 Å². The highest BCUT2D eigenvalue weighted by Gasteiger charge is 2.20. The van der Waals surface area contributed by atoms with Crippen molar-refractivity contribution < 1.29 is 12.6 Å². The van der Waals surface area contributed by atoms with Crippen LogP contribution in [0.5, 0.6) is 5.75 Å². The molecule has 0 aliphatic carbocycles. The molecule has 0 saturated heterocycles. The third-order valence-corrected chi connectivity index (χ3v) is 4.86. The van der Waals surface area contributed by atoms with Crippen LogP contribution in [-0.2, 0) is 10.1 Å². The van der Waals surface area contributed by atoms with Crippen molar-refractivity contribution in [2.45, 2.75) is 11.8 Å². The molecule has 1 aromatic heterocycles. The fraction of sp³-hybridized carbons (Fsp3) is 0.0625. The minimum absolute atomic E-state index is 0.0602. The van der Waals surface area contributed by atoms with Gasteiger partial charge in [0, 0.05) is 16.1 Å². The molecule has 22 heavy (non-hydrogen) atoms. The smallest absolute Gasteiger partial charge is 0.341 e. The number of rotatable bonds is 3. The zero-order valence-electron chi connectivity index (χ0n) is 11.7. The van der Waals surface area contributed by atoms with Gasteiger partial charge in [0.15, 0.2) is 0 Å². The van der Waals surface area contributed by atoms with Gasteiger partial charge in [0.05, 0.1) is 5.52 Å². The summed E-state index contributed by atoms with van der Waals surface area (Å²) in [5, 5.41) is 0.763. The van der Waals surface area contributed by atoms with Crippen LogP contribution in [0.15, 0.2) is 64.1 Å². The van der Waals surface area contributed by atoms with E-state index < -0.39 is 10.1 Å². The van der Waals surface area contributed by atoms with Gasteiger partial charge in [-0.2, -0.15) is 8.42 Å². The van der Waals surface area contributed by atoms with Crippen LogP contribution in [0, 0.1) is 6.92 Å². The van der Waals surface area contributed by atoms with E-state index in [0.717, 1.165) is 15.4 Å². The molecule has 1 heterocycles. The van der Waals surface area contributed by atoms with Crippen molar-refractivity contribution in [1.82, 2.24) is 4.98 Å². The van der Waals surface area contributed by atoms with E-state index >= 15 is 0 Å². The zero-order valence-corrected chi connectivity index (χ0v) is 14.1. The van der Waals surface area contributed by atoms with Crippen molar-refractivity contribution >= 4 is 37.0 Å². The molecule has 0 N–H and O–H groups in total. The first-order valence-electron chi connectivity index (χ1n) is 6.51. The molecule has 0 aliphatic rings. The van der Waals surface area contributed by atoms with Gasteiger partial charge in [0.1, 0.15) is 10.6 Å². The lowest BCUT2D eigenvalue weighted by Gasteiger charge is -2.09. The lowest BCUT2D eigenvalue weighted by molar-refractivity contribution is 0.486. The van der Waals surface area contributed by atoms with Crippen LogP contribution in [0.2, 0.25) is 0 Å². The Balaban J connectivity index is 2.09. The van der Waals surface area contributed by atoms with E-state index in [1.54, 1.807) is 36.5 Å². The molecule has 0 fully saturated rings. The summed E-state index contributed by atoms with van der Waals surface area (Å²) in [6, 6.07) is 13.6. The van der Waals surface area contributed by atoms with Crippen molar-refractivity contribution in [2.24, 2.45) is 0 Å². The second-order valence-corrected chi connectivity index (χ2v) is 7.27. The van der Waals surface area contributed by atoms with Crippen molar-refractivity contribution in [1.29, 1.82) is 0 Å². The number of nitrogens with zero attached hydrogens (tertiary/aromatic N) is 1. The van der Waals surface area contributed by atoms with Gasteiger partial charge in [-0.15, -0.1) is 0 Å². The number of pyridine rings is 1. The highest BCUT2D eigenvalue weighted by molar-refractivity contribution is 9.10. The Morgan fingerprint density at radius 1 is 1.09 bits per heavy atom. The minimum Gasteiger partial charge on any atom is -0.379 e. The number of hydrogen-bond donors (Lipinski definition) is 0. The van der Waals surface area contributed by atoms with Crippen LogP contribution >= 0.6 is 15.9 Å². The Morgan fingerprint density at radius 2 is 1.86 bits per heavy atom. The van der Waals surface area contributed by atoms with E-state index in [0.29, 0.717) is 5.52 Å². The lowest BCUT2D eigenvalue weighted by atomic mass is 10.2. The molecule has 0 bridgehead atoms. The number of para-hydroxylation sites is 1. The van der Waals surface area contributed by atoms with Gasteiger partial charge in [-0.25, -0.2) is 0 Å². The molecule has 3 aromatic rings. The van der Waals surface area contributed by atoms with E-state index in [-0.39, 0.29) is 10.6 Å². The zero-order chi connectivity index (χ0) is 15.7. The molecule has 0 saturated carbocycles. The maximum absolute atomic E-state index is 12.5. The third-order valence-electron chi connectivity index (χ3n) is 3.08. The average molecular weight is 378 g/mol. The van der Waals surface area contributed by atoms with Crippen LogP contribution < -0.4 is 4.18 Å². The monoisotopic (exact) mass is 377 g/mol. The highest BCUT2D eigenvalue weighted by atomic mass is 79.9. The predicted molar refractivity (Wildman–Crippen MR) is 88.4 cm³/mol. The van der Waals surface area contributed by atoms with Crippen molar-refractivity contribution in [3.8, 4) is 5.75 Å². The number of hydrogen-bond acceptors (Lipinski definition) is 4. The van der Waals surface area contributed by atoms with Crippen LogP contribution in [0.25, 0.3) is 10.9 Å².